The summed E-state index contributed by atoms with van der Waals surface area (Å²) in [5.41, 5.74) is 0.891. The molecule has 1 aromatic heterocycles. The molecule has 2 heterocycles. The van der Waals surface area contributed by atoms with E-state index < -0.39 is 0 Å². The first-order chi connectivity index (χ1) is 10.1. The summed E-state index contributed by atoms with van der Waals surface area (Å²) >= 11 is 1.51. The van der Waals surface area contributed by atoms with Crippen molar-refractivity contribution in [2.75, 3.05) is 5.32 Å². The number of ketones is 2. The summed E-state index contributed by atoms with van der Waals surface area (Å²) in [5.74, 6) is 0.143. The van der Waals surface area contributed by atoms with Crippen LogP contribution in [0, 0.1) is 5.92 Å². The zero-order valence-electron chi connectivity index (χ0n) is 11.4. The van der Waals surface area contributed by atoms with Crippen LogP contribution < -0.4 is 5.32 Å². The molecule has 1 aliphatic heterocycles. The van der Waals surface area contributed by atoms with Gasteiger partial charge in [0.25, 0.3) is 0 Å². The number of nitrogens with zero attached hydrogens (tertiary/aromatic N) is 2. The first kappa shape index (κ1) is 13.8. The van der Waals surface area contributed by atoms with Crippen LogP contribution in [0.4, 0.5) is 5.82 Å². The quantitative estimate of drug-likeness (QED) is 0.866. The van der Waals surface area contributed by atoms with Crippen LogP contribution in [0.5, 0.6) is 0 Å². The molecule has 2 aliphatic rings. The number of carbonyl (C=O) groups is 2. The molecule has 1 unspecified atom stereocenters. The Kier molecular flexibility index (Phi) is 3.70. The zero-order chi connectivity index (χ0) is 14.8. The predicted octanol–water partition coefficient (Wildman–Crippen LogP) is 2.74. The second-order valence-electron chi connectivity index (χ2n) is 4.80. The molecule has 1 aliphatic carbocycles. The molecule has 0 radical (unpaired) electrons. The molecule has 5 nitrogen and oxygen atoms in total. The van der Waals surface area contributed by atoms with Gasteiger partial charge in [-0.25, -0.2) is 9.97 Å². The van der Waals surface area contributed by atoms with Crippen LogP contribution in [0.25, 0.3) is 0 Å². The molecule has 0 fully saturated rings. The molecule has 0 bridgehead atoms. The third kappa shape index (κ3) is 2.95. The van der Waals surface area contributed by atoms with Gasteiger partial charge >= 0.3 is 0 Å². The first-order valence-corrected chi connectivity index (χ1v) is 7.34. The van der Waals surface area contributed by atoms with Gasteiger partial charge in [-0.3, -0.25) is 9.59 Å². The number of fused-ring (bicyclic) bond motifs is 1. The summed E-state index contributed by atoms with van der Waals surface area (Å²) in [6.45, 7) is 1.43. The number of allylic oxidation sites excluding steroid dienone is 4. The van der Waals surface area contributed by atoms with E-state index in [1.807, 2.05) is 18.2 Å². The van der Waals surface area contributed by atoms with Gasteiger partial charge in [0.2, 0.25) is 0 Å². The van der Waals surface area contributed by atoms with E-state index >= 15 is 0 Å². The Bertz CT molecular complexity index is 667. The Morgan fingerprint density at radius 3 is 2.86 bits per heavy atom. The lowest BCUT2D eigenvalue weighted by Gasteiger charge is -2.17. The summed E-state index contributed by atoms with van der Waals surface area (Å²) < 4.78 is 0. The van der Waals surface area contributed by atoms with Crippen molar-refractivity contribution in [2.24, 2.45) is 5.92 Å². The summed E-state index contributed by atoms with van der Waals surface area (Å²) in [4.78, 5) is 32.6. The second-order valence-corrected chi connectivity index (χ2v) is 5.83. The van der Waals surface area contributed by atoms with Crippen molar-refractivity contribution >= 4 is 29.1 Å². The zero-order valence-corrected chi connectivity index (χ0v) is 12.2. The van der Waals surface area contributed by atoms with Crippen molar-refractivity contribution in [2.45, 2.75) is 18.4 Å². The van der Waals surface area contributed by atoms with Gasteiger partial charge in [-0.1, -0.05) is 23.9 Å². The number of aromatic nitrogens is 2. The number of anilines is 1. The third-order valence-corrected chi connectivity index (χ3v) is 4.18. The lowest BCUT2D eigenvalue weighted by Crippen LogP contribution is -2.13. The Morgan fingerprint density at radius 2 is 2.05 bits per heavy atom. The minimum Gasteiger partial charge on any atom is -0.337 e. The SMILES string of the molecule is CC(=O)CC(=O)C1C=CC2=C(C=C1)Sc1nccnc1N2.[HH]. The monoisotopic (exact) mass is 301 g/mol. The summed E-state index contributed by atoms with van der Waals surface area (Å²) in [5, 5.41) is 4.02. The van der Waals surface area contributed by atoms with E-state index in [1.54, 1.807) is 18.5 Å². The molecule has 21 heavy (non-hydrogen) atoms. The molecule has 6 heteroatoms. The minimum absolute atomic E-state index is 0. The van der Waals surface area contributed by atoms with E-state index in [0.717, 1.165) is 15.6 Å². The lowest BCUT2D eigenvalue weighted by atomic mass is 9.99. The number of Topliss-reactive ketones (excluding diaryl/α,β-unsaturated/α-hetero) is 2. The second kappa shape index (κ2) is 5.65. The maximum atomic E-state index is 12.0. The fourth-order valence-corrected chi connectivity index (χ4v) is 3.01. The van der Waals surface area contributed by atoms with Gasteiger partial charge in [-0.15, -0.1) is 0 Å². The van der Waals surface area contributed by atoms with Crippen LogP contribution in [0.2, 0.25) is 0 Å². The number of rotatable bonds is 3. The lowest BCUT2D eigenvalue weighted by molar-refractivity contribution is -0.126. The molecule has 3 rings (SSSR count). The number of hydrogen-bond donors (Lipinski definition) is 1. The summed E-state index contributed by atoms with van der Waals surface area (Å²) in [6.07, 6.45) is 10.6. The highest BCUT2D eigenvalue weighted by Gasteiger charge is 2.21. The van der Waals surface area contributed by atoms with Crippen LogP contribution in [0.3, 0.4) is 0 Å². The van der Waals surface area contributed by atoms with Gasteiger partial charge in [-0.2, -0.15) is 0 Å². The average molecular weight is 301 g/mol. The summed E-state index contributed by atoms with van der Waals surface area (Å²) in [7, 11) is 0. The van der Waals surface area contributed by atoms with Crippen LogP contribution in [0.15, 0.2) is 52.3 Å². The minimum atomic E-state index is -0.370. The standard InChI is InChI=1S/C15H13N3O2S.H2/c1-9(19)8-12(20)10-2-4-11-13(5-3-10)21-15-14(18-11)16-6-7-17-15;/h2-7,10H,8H2,1H3,(H,16,18);1H. The highest BCUT2D eigenvalue weighted by Crippen LogP contribution is 2.39. The average Bonchev–Trinajstić information content (AvgIpc) is 2.66. The molecule has 108 valence electrons. The van der Waals surface area contributed by atoms with Crippen LogP contribution in [-0.2, 0) is 9.59 Å². The van der Waals surface area contributed by atoms with E-state index in [-0.39, 0.29) is 25.3 Å². The molecular weight excluding hydrogens is 286 g/mol. The number of thioether (sulfide) groups is 1. The molecule has 1 aromatic rings. The fraction of sp³-hybridized carbons (Fsp3) is 0.200. The fourth-order valence-electron chi connectivity index (χ4n) is 2.11. The van der Waals surface area contributed by atoms with E-state index in [1.165, 1.54) is 18.7 Å². The van der Waals surface area contributed by atoms with Crippen molar-refractivity contribution in [3.05, 3.63) is 47.3 Å². The maximum Gasteiger partial charge on any atom is 0.163 e. The molecule has 0 aromatic carbocycles. The van der Waals surface area contributed by atoms with Crippen molar-refractivity contribution in [3.8, 4) is 0 Å². The number of carbonyl (C=O) groups excluding carboxylic acids is 2. The number of nitrogens with one attached hydrogen (secondary N) is 1. The van der Waals surface area contributed by atoms with Crippen molar-refractivity contribution in [1.82, 2.24) is 9.97 Å². The first-order valence-electron chi connectivity index (χ1n) is 6.52. The van der Waals surface area contributed by atoms with E-state index in [9.17, 15) is 9.59 Å². The largest absolute Gasteiger partial charge is 0.337 e. The van der Waals surface area contributed by atoms with Crippen LogP contribution >= 0.6 is 11.8 Å². The molecular formula is C15H15N3O2S. The smallest absolute Gasteiger partial charge is 0.163 e. The van der Waals surface area contributed by atoms with Gasteiger partial charge in [0.15, 0.2) is 11.6 Å². The molecule has 0 amide bonds. The van der Waals surface area contributed by atoms with Gasteiger partial charge in [0, 0.05) is 18.7 Å². The third-order valence-electron chi connectivity index (χ3n) is 3.11. The number of hydrogen-bond acceptors (Lipinski definition) is 6. The van der Waals surface area contributed by atoms with Crippen LogP contribution in [-0.4, -0.2) is 21.5 Å². The van der Waals surface area contributed by atoms with E-state index in [0.29, 0.717) is 5.82 Å². The molecule has 0 spiro atoms. The molecule has 0 saturated carbocycles. The van der Waals surface area contributed by atoms with Gasteiger partial charge in [0.05, 0.1) is 18.0 Å². The van der Waals surface area contributed by atoms with Crippen molar-refractivity contribution in [1.29, 1.82) is 0 Å². The van der Waals surface area contributed by atoms with Crippen molar-refractivity contribution < 1.29 is 11.0 Å². The highest BCUT2D eigenvalue weighted by molar-refractivity contribution is 8.03. The predicted molar refractivity (Wildman–Crippen MR) is 82.7 cm³/mol. The van der Waals surface area contributed by atoms with Gasteiger partial charge in [0.1, 0.15) is 10.8 Å². The Balaban J connectivity index is 0.00000176. The van der Waals surface area contributed by atoms with Crippen molar-refractivity contribution in [3.63, 3.8) is 0 Å². The summed E-state index contributed by atoms with van der Waals surface area (Å²) in [6, 6.07) is 0. The Morgan fingerprint density at radius 1 is 1.29 bits per heavy atom. The maximum absolute atomic E-state index is 12.0. The van der Waals surface area contributed by atoms with Gasteiger partial charge in [-0.05, 0) is 19.1 Å². The van der Waals surface area contributed by atoms with E-state index in [4.69, 9.17) is 0 Å². The molecule has 1 N–H and O–H groups in total. The molecule has 1 atom stereocenters. The molecule has 0 saturated heterocycles. The van der Waals surface area contributed by atoms with Crippen LogP contribution in [0.1, 0.15) is 14.8 Å². The highest BCUT2D eigenvalue weighted by atomic mass is 32.2. The normalized spacial score (nSPS) is 19.4. The van der Waals surface area contributed by atoms with E-state index in [2.05, 4.69) is 15.3 Å². The Labute approximate surface area is 127 Å². The van der Waals surface area contributed by atoms with Gasteiger partial charge < -0.3 is 5.32 Å². The topological polar surface area (TPSA) is 72.0 Å². The Hall–Kier alpha value is -2.21.